The fourth-order valence-electron chi connectivity index (χ4n) is 3.68. The molecule has 12 heteroatoms. The van der Waals surface area contributed by atoms with Gasteiger partial charge in [0, 0.05) is 54.1 Å². The second kappa shape index (κ2) is 10.9. The Kier molecular flexibility index (Phi) is 8.11. The topological polar surface area (TPSA) is 88.1 Å². The summed E-state index contributed by atoms with van der Waals surface area (Å²) in [5, 5.41) is 8.04. The van der Waals surface area contributed by atoms with E-state index in [1.54, 1.807) is 25.4 Å². The van der Waals surface area contributed by atoms with Gasteiger partial charge in [-0.15, -0.1) is 12.4 Å². The Morgan fingerprint density at radius 2 is 1.69 bits per heavy atom. The summed E-state index contributed by atoms with van der Waals surface area (Å²) in [6, 6.07) is 7.03. The lowest BCUT2D eigenvalue weighted by Gasteiger charge is -2.15. The van der Waals surface area contributed by atoms with E-state index in [0.717, 1.165) is 18.2 Å². The van der Waals surface area contributed by atoms with Crippen molar-refractivity contribution in [2.45, 2.75) is 13.5 Å². The van der Waals surface area contributed by atoms with Crippen molar-refractivity contribution >= 4 is 58.1 Å². The standard InChI is InChI=1S/C24H19ClF3N5O2.ClH/c1-3-33-21-10-22(29-2)30-11-12(21)4-17(23(33)34)16-8-20(19(28)9-18(16)25)32-24(35)31-15-6-13(26)5-14(27)7-15;/h4-11H,3H2,1-2H3,(H,29,30)(H2,31,32,35);1H. The van der Waals surface area contributed by atoms with Gasteiger partial charge in [0.05, 0.1) is 16.2 Å². The zero-order valence-electron chi connectivity index (χ0n) is 19.0. The summed E-state index contributed by atoms with van der Waals surface area (Å²) < 4.78 is 42.9. The highest BCUT2D eigenvalue weighted by Crippen LogP contribution is 2.33. The van der Waals surface area contributed by atoms with E-state index in [1.165, 1.54) is 10.6 Å². The third-order valence-corrected chi connectivity index (χ3v) is 5.58. The summed E-state index contributed by atoms with van der Waals surface area (Å²) in [5.74, 6) is -2.06. The maximum absolute atomic E-state index is 14.6. The van der Waals surface area contributed by atoms with Gasteiger partial charge < -0.3 is 20.5 Å². The number of urea groups is 1. The van der Waals surface area contributed by atoms with E-state index < -0.39 is 23.5 Å². The van der Waals surface area contributed by atoms with Gasteiger partial charge >= 0.3 is 6.03 Å². The molecule has 0 saturated carbocycles. The summed E-state index contributed by atoms with van der Waals surface area (Å²) in [6.45, 7) is 2.16. The minimum Gasteiger partial charge on any atom is -0.373 e. The second-order valence-corrected chi connectivity index (χ2v) is 7.94. The van der Waals surface area contributed by atoms with Crippen LogP contribution in [0.3, 0.4) is 0 Å². The van der Waals surface area contributed by atoms with Gasteiger partial charge in [-0.05, 0) is 37.3 Å². The number of pyridine rings is 2. The van der Waals surface area contributed by atoms with Gasteiger partial charge in [-0.3, -0.25) is 4.79 Å². The number of carbonyl (C=O) groups is 1. The number of nitrogens with zero attached hydrogens (tertiary/aromatic N) is 2. The quantitative estimate of drug-likeness (QED) is 0.280. The van der Waals surface area contributed by atoms with Crippen LogP contribution in [0.2, 0.25) is 5.02 Å². The molecular weight excluding hydrogens is 518 g/mol. The Morgan fingerprint density at radius 3 is 2.33 bits per heavy atom. The molecule has 0 bridgehead atoms. The molecule has 3 N–H and O–H groups in total. The SMILES string of the molecule is CCn1c(=O)c(-c2cc(NC(=O)Nc3cc(F)cc(F)c3)c(F)cc2Cl)cc2cnc(NC)cc21.Cl. The number of rotatable bonds is 5. The number of amides is 2. The molecule has 0 aliphatic carbocycles. The molecule has 0 spiro atoms. The van der Waals surface area contributed by atoms with Crippen molar-refractivity contribution < 1.29 is 18.0 Å². The van der Waals surface area contributed by atoms with Gasteiger partial charge in [-0.1, -0.05) is 11.6 Å². The molecule has 2 aromatic carbocycles. The van der Waals surface area contributed by atoms with Crippen LogP contribution in [0.15, 0.2) is 53.5 Å². The van der Waals surface area contributed by atoms with Crippen molar-refractivity contribution in [2.24, 2.45) is 0 Å². The van der Waals surface area contributed by atoms with Crippen molar-refractivity contribution in [1.82, 2.24) is 9.55 Å². The van der Waals surface area contributed by atoms with Crippen LogP contribution in [0, 0.1) is 17.5 Å². The van der Waals surface area contributed by atoms with E-state index in [1.807, 2.05) is 6.92 Å². The summed E-state index contributed by atoms with van der Waals surface area (Å²) >= 11 is 6.28. The van der Waals surface area contributed by atoms with Crippen LogP contribution < -0.4 is 21.5 Å². The van der Waals surface area contributed by atoms with Crippen LogP contribution in [0.5, 0.6) is 0 Å². The number of halogens is 5. The monoisotopic (exact) mass is 537 g/mol. The predicted octanol–water partition coefficient (Wildman–Crippen LogP) is 6.26. The molecule has 0 atom stereocenters. The number of hydrogen-bond acceptors (Lipinski definition) is 4. The molecule has 0 radical (unpaired) electrons. The van der Waals surface area contributed by atoms with Gasteiger partial charge in [0.25, 0.3) is 5.56 Å². The summed E-state index contributed by atoms with van der Waals surface area (Å²) in [6.07, 6.45) is 1.60. The Hall–Kier alpha value is -3.76. The fourth-order valence-corrected chi connectivity index (χ4v) is 3.93. The zero-order valence-corrected chi connectivity index (χ0v) is 20.5. The van der Waals surface area contributed by atoms with Crippen LogP contribution in [0.4, 0.5) is 35.2 Å². The lowest BCUT2D eigenvalue weighted by molar-refractivity contribution is 0.262. The first-order valence-corrected chi connectivity index (χ1v) is 10.8. The number of aromatic nitrogens is 2. The number of hydrogen-bond donors (Lipinski definition) is 3. The minimum absolute atomic E-state index is 0. The maximum atomic E-state index is 14.6. The average Bonchev–Trinajstić information content (AvgIpc) is 2.79. The Labute approximate surface area is 214 Å². The number of anilines is 3. The molecule has 2 amide bonds. The van der Waals surface area contributed by atoms with E-state index in [0.29, 0.717) is 29.3 Å². The fraction of sp³-hybridized carbons (Fsp3) is 0.125. The molecule has 4 rings (SSSR count). The van der Waals surface area contributed by atoms with Gasteiger partial charge in [0.15, 0.2) is 0 Å². The normalized spacial score (nSPS) is 10.6. The van der Waals surface area contributed by atoms with Crippen LogP contribution >= 0.6 is 24.0 Å². The lowest BCUT2D eigenvalue weighted by Crippen LogP contribution is -2.22. The lowest BCUT2D eigenvalue weighted by atomic mass is 10.0. The highest BCUT2D eigenvalue weighted by atomic mass is 35.5. The molecule has 0 unspecified atom stereocenters. The summed E-state index contributed by atoms with van der Waals surface area (Å²) in [4.78, 5) is 29.9. The van der Waals surface area contributed by atoms with E-state index in [4.69, 9.17) is 11.6 Å². The molecule has 188 valence electrons. The number of benzene rings is 2. The molecule has 36 heavy (non-hydrogen) atoms. The van der Waals surface area contributed by atoms with Crippen LogP contribution in [0.25, 0.3) is 22.0 Å². The van der Waals surface area contributed by atoms with Crippen molar-refractivity contribution in [1.29, 1.82) is 0 Å². The first-order chi connectivity index (χ1) is 16.7. The third-order valence-electron chi connectivity index (χ3n) is 5.27. The smallest absolute Gasteiger partial charge is 0.323 e. The van der Waals surface area contributed by atoms with E-state index >= 15 is 0 Å². The van der Waals surface area contributed by atoms with E-state index in [-0.39, 0.29) is 45.5 Å². The van der Waals surface area contributed by atoms with Crippen LogP contribution in [-0.2, 0) is 6.54 Å². The van der Waals surface area contributed by atoms with E-state index in [2.05, 4.69) is 20.9 Å². The highest BCUT2D eigenvalue weighted by molar-refractivity contribution is 6.33. The van der Waals surface area contributed by atoms with Gasteiger partial charge in [-0.2, -0.15) is 0 Å². The molecule has 4 aromatic rings. The van der Waals surface area contributed by atoms with Crippen LogP contribution in [0.1, 0.15) is 6.92 Å². The van der Waals surface area contributed by atoms with Crippen molar-refractivity contribution in [3.63, 3.8) is 0 Å². The number of nitrogens with one attached hydrogen (secondary N) is 3. The van der Waals surface area contributed by atoms with Crippen molar-refractivity contribution in [3.8, 4) is 11.1 Å². The summed E-state index contributed by atoms with van der Waals surface area (Å²) in [5.41, 5.74) is 0.200. The van der Waals surface area contributed by atoms with Gasteiger partial charge in [0.2, 0.25) is 0 Å². The Bertz CT molecular complexity index is 1510. The maximum Gasteiger partial charge on any atom is 0.323 e. The Balaban J connectivity index is 0.00000361. The number of fused-ring (bicyclic) bond motifs is 1. The predicted molar refractivity (Wildman–Crippen MR) is 138 cm³/mol. The minimum atomic E-state index is -0.949. The Morgan fingerprint density at radius 1 is 1.00 bits per heavy atom. The van der Waals surface area contributed by atoms with Gasteiger partial charge in [-0.25, -0.2) is 22.9 Å². The van der Waals surface area contributed by atoms with E-state index in [9.17, 15) is 22.8 Å². The van der Waals surface area contributed by atoms with Gasteiger partial charge in [0.1, 0.15) is 23.3 Å². The molecule has 7 nitrogen and oxygen atoms in total. The molecule has 0 aliphatic heterocycles. The molecule has 0 fully saturated rings. The highest BCUT2D eigenvalue weighted by Gasteiger charge is 2.18. The first kappa shape index (κ1) is 26.8. The number of aryl methyl sites for hydroxylation is 1. The number of carbonyl (C=O) groups excluding carboxylic acids is 1. The molecule has 2 aromatic heterocycles. The molecule has 2 heterocycles. The second-order valence-electron chi connectivity index (χ2n) is 7.53. The largest absolute Gasteiger partial charge is 0.373 e. The average molecular weight is 538 g/mol. The molecular formula is C24H20Cl2F3N5O2. The van der Waals surface area contributed by atoms with Crippen molar-refractivity contribution in [3.05, 3.63) is 81.5 Å². The molecule has 0 aliphatic rings. The summed E-state index contributed by atoms with van der Waals surface area (Å²) in [7, 11) is 1.71. The molecule has 0 saturated heterocycles. The first-order valence-electron chi connectivity index (χ1n) is 10.4. The van der Waals surface area contributed by atoms with Crippen LogP contribution in [-0.4, -0.2) is 22.6 Å². The van der Waals surface area contributed by atoms with Crippen molar-refractivity contribution in [2.75, 3.05) is 23.0 Å². The zero-order chi connectivity index (χ0) is 25.3. The third kappa shape index (κ3) is 5.39.